The van der Waals surface area contributed by atoms with E-state index in [1.165, 1.54) is 0 Å². The summed E-state index contributed by atoms with van der Waals surface area (Å²) in [6.45, 7) is 0. The predicted molar refractivity (Wildman–Crippen MR) is 48.8 cm³/mol. The Bertz CT molecular complexity index is 529. The van der Waals surface area contributed by atoms with Crippen molar-refractivity contribution in [2.45, 2.75) is 12.4 Å². The van der Waals surface area contributed by atoms with Gasteiger partial charge in [-0.1, -0.05) is 0 Å². The van der Waals surface area contributed by atoms with Crippen molar-refractivity contribution in [1.29, 1.82) is 0 Å². The van der Waals surface area contributed by atoms with E-state index in [9.17, 15) is 35.9 Å². The van der Waals surface area contributed by atoms with Crippen LogP contribution in [-0.4, -0.2) is 17.4 Å². The molecule has 0 fully saturated rings. The van der Waals surface area contributed by atoms with Gasteiger partial charge in [-0.05, 0) is 12.1 Å². The van der Waals surface area contributed by atoms with Gasteiger partial charge in [-0.15, -0.1) is 0 Å². The molecule has 0 aliphatic rings. The first kappa shape index (κ1) is 15.0. The highest BCUT2D eigenvalue weighted by Crippen LogP contribution is 2.41. The quantitative estimate of drug-likeness (QED) is 0.670. The van der Waals surface area contributed by atoms with Crippen LogP contribution in [0.4, 0.5) is 26.3 Å². The average Bonchev–Trinajstić information content (AvgIpc) is 2.24. The van der Waals surface area contributed by atoms with Crippen LogP contribution in [-0.2, 0) is 12.4 Å². The van der Waals surface area contributed by atoms with E-state index in [-0.39, 0.29) is 18.4 Å². The summed E-state index contributed by atoms with van der Waals surface area (Å²) in [5.74, 6) is -1.93. The highest BCUT2D eigenvalue weighted by Gasteiger charge is 2.44. The number of aldehydes is 1. The van der Waals surface area contributed by atoms with Gasteiger partial charge < -0.3 is 5.11 Å². The van der Waals surface area contributed by atoms with Crippen LogP contribution in [0.3, 0.4) is 0 Å². The third-order valence-corrected chi connectivity index (χ3v) is 2.16. The van der Waals surface area contributed by atoms with Crippen molar-refractivity contribution >= 4 is 12.3 Å². The van der Waals surface area contributed by atoms with Crippen molar-refractivity contribution in [3.63, 3.8) is 0 Å². The number of benzene rings is 1. The number of hydrogen-bond donors (Lipinski definition) is 1. The van der Waals surface area contributed by atoms with Crippen LogP contribution in [0.15, 0.2) is 12.1 Å². The summed E-state index contributed by atoms with van der Waals surface area (Å²) in [7, 11) is 0. The van der Waals surface area contributed by atoms with Gasteiger partial charge >= 0.3 is 18.3 Å². The first-order valence-electron chi connectivity index (χ1n) is 4.49. The summed E-state index contributed by atoms with van der Waals surface area (Å²) in [4.78, 5) is 21.1. The van der Waals surface area contributed by atoms with Gasteiger partial charge in [0.25, 0.3) is 0 Å². The van der Waals surface area contributed by atoms with Crippen molar-refractivity contribution in [1.82, 2.24) is 0 Å². The minimum Gasteiger partial charge on any atom is -0.478 e. The number of carboxylic acids is 1. The van der Waals surface area contributed by atoms with E-state index in [1.54, 1.807) is 0 Å². The van der Waals surface area contributed by atoms with Crippen LogP contribution in [0, 0.1) is 0 Å². The second-order valence-electron chi connectivity index (χ2n) is 3.40. The van der Waals surface area contributed by atoms with Crippen molar-refractivity contribution in [2.24, 2.45) is 0 Å². The van der Waals surface area contributed by atoms with Gasteiger partial charge in [-0.3, -0.25) is 4.79 Å². The Labute approximate surface area is 101 Å². The maximum absolute atomic E-state index is 12.5. The molecule has 1 rings (SSSR count). The van der Waals surface area contributed by atoms with Crippen molar-refractivity contribution < 1.29 is 41.0 Å². The van der Waals surface area contributed by atoms with E-state index < -0.39 is 40.6 Å². The molecule has 104 valence electrons. The average molecular weight is 286 g/mol. The predicted octanol–water partition coefficient (Wildman–Crippen LogP) is 3.23. The fraction of sp³-hybridized carbons (Fsp3) is 0.200. The summed E-state index contributed by atoms with van der Waals surface area (Å²) in [5, 5.41) is 8.57. The lowest BCUT2D eigenvalue weighted by atomic mass is 9.98. The molecule has 0 unspecified atom stereocenters. The fourth-order valence-corrected chi connectivity index (χ4v) is 1.37. The van der Waals surface area contributed by atoms with Gasteiger partial charge in [-0.25, -0.2) is 4.79 Å². The van der Waals surface area contributed by atoms with E-state index in [1.807, 2.05) is 0 Å². The largest absolute Gasteiger partial charge is 0.478 e. The molecule has 3 nitrogen and oxygen atoms in total. The van der Waals surface area contributed by atoms with E-state index in [4.69, 9.17) is 5.11 Å². The molecular formula is C10H4F6O3. The molecule has 0 radical (unpaired) electrons. The molecule has 0 saturated heterocycles. The van der Waals surface area contributed by atoms with Gasteiger partial charge in [0.05, 0.1) is 16.7 Å². The molecule has 0 spiro atoms. The molecule has 0 aliphatic heterocycles. The molecule has 0 atom stereocenters. The summed E-state index contributed by atoms with van der Waals surface area (Å²) in [6.07, 6.45) is -11.0. The molecule has 9 heteroatoms. The highest BCUT2D eigenvalue weighted by atomic mass is 19.4. The Morgan fingerprint density at radius 1 is 1.00 bits per heavy atom. The number of carboxylic acid groups (broad SMARTS) is 1. The topological polar surface area (TPSA) is 54.4 Å². The van der Waals surface area contributed by atoms with Crippen molar-refractivity contribution in [2.75, 3.05) is 0 Å². The third kappa shape index (κ3) is 3.04. The lowest BCUT2D eigenvalue weighted by molar-refractivity contribution is -0.162. The summed E-state index contributed by atoms with van der Waals surface area (Å²) < 4.78 is 74.8. The molecule has 0 aliphatic carbocycles. The van der Waals surface area contributed by atoms with E-state index in [2.05, 4.69) is 0 Å². The molecule has 0 saturated carbocycles. The van der Waals surface area contributed by atoms with Crippen molar-refractivity contribution in [3.05, 3.63) is 34.4 Å². The monoisotopic (exact) mass is 286 g/mol. The molecule has 1 aromatic carbocycles. The Kier molecular flexibility index (Phi) is 3.60. The third-order valence-electron chi connectivity index (χ3n) is 2.16. The number of carbonyl (C=O) groups excluding carboxylic acids is 1. The minimum absolute atomic E-state index is 0.126. The zero-order valence-electron chi connectivity index (χ0n) is 8.76. The van der Waals surface area contributed by atoms with E-state index >= 15 is 0 Å². The van der Waals surface area contributed by atoms with Gasteiger partial charge in [0.2, 0.25) is 0 Å². The Balaban J connectivity index is 3.73. The van der Waals surface area contributed by atoms with Crippen LogP contribution in [0.25, 0.3) is 0 Å². The second-order valence-corrected chi connectivity index (χ2v) is 3.40. The maximum Gasteiger partial charge on any atom is 0.417 e. The molecule has 19 heavy (non-hydrogen) atoms. The molecule has 0 aromatic heterocycles. The summed E-state index contributed by atoms with van der Waals surface area (Å²) in [6, 6.07) is -0.325. The zero-order chi connectivity index (χ0) is 15.0. The van der Waals surface area contributed by atoms with Gasteiger partial charge in [0, 0.05) is 5.56 Å². The molecule has 1 N–H and O–H groups in total. The Hall–Kier alpha value is -2.06. The molecule has 0 bridgehead atoms. The molecule has 0 heterocycles. The SMILES string of the molecule is O=Cc1cc(C(F)(F)F)c(C(F)(F)F)cc1C(=O)O. The lowest BCUT2D eigenvalue weighted by Crippen LogP contribution is -2.19. The maximum atomic E-state index is 12.5. The van der Waals surface area contributed by atoms with E-state index in [0.29, 0.717) is 0 Å². The lowest BCUT2D eigenvalue weighted by Gasteiger charge is -2.16. The Morgan fingerprint density at radius 2 is 1.42 bits per heavy atom. The summed E-state index contributed by atoms with van der Waals surface area (Å²) in [5.41, 5.74) is -6.38. The van der Waals surface area contributed by atoms with Crippen molar-refractivity contribution in [3.8, 4) is 0 Å². The highest BCUT2D eigenvalue weighted by molar-refractivity contribution is 5.97. The number of carbonyl (C=O) groups is 2. The first-order chi connectivity index (χ1) is 8.48. The fourth-order valence-electron chi connectivity index (χ4n) is 1.37. The number of halogens is 6. The van der Waals surface area contributed by atoms with Gasteiger partial charge in [0.1, 0.15) is 0 Å². The molecule has 1 aromatic rings. The van der Waals surface area contributed by atoms with Crippen LogP contribution in [0.2, 0.25) is 0 Å². The standard InChI is InChI=1S/C10H4F6O3/c11-9(12,13)6-1-4(3-17)5(8(18)19)2-7(6)10(14,15)16/h1-3H,(H,18,19). The normalized spacial score (nSPS) is 12.3. The Morgan fingerprint density at radius 3 is 1.74 bits per heavy atom. The van der Waals surface area contributed by atoms with Gasteiger partial charge in [0.15, 0.2) is 6.29 Å². The van der Waals surface area contributed by atoms with E-state index in [0.717, 1.165) is 0 Å². The van der Waals surface area contributed by atoms with Crippen LogP contribution in [0.1, 0.15) is 31.8 Å². The number of aromatic carboxylic acids is 1. The molecule has 0 amide bonds. The summed E-state index contributed by atoms with van der Waals surface area (Å²) >= 11 is 0. The van der Waals surface area contributed by atoms with Crippen LogP contribution in [0.5, 0.6) is 0 Å². The van der Waals surface area contributed by atoms with Crippen LogP contribution < -0.4 is 0 Å². The smallest absolute Gasteiger partial charge is 0.417 e. The number of rotatable bonds is 2. The second kappa shape index (κ2) is 4.56. The van der Waals surface area contributed by atoms with Crippen LogP contribution >= 0.6 is 0 Å². The zero-order valence-corrected chi connectivity index (χ0v) is 8.76. The number of alkyl halides is 6. The van der Waals surface area contributed by atoms with Gasteiger partial charge in [-0.2, -0.15) is 26.3 Å². The first-order valence-corrected chi connectivity index (χ1v) is 4.49. The number of hydrogen-bond acceptors (Lipinski definition) is 2. The molecular weight excluding hydrogens is 282 g/mol. The minimum atomic E-state index is -5.39.